The molecule has 1 aromatic carbocycles. The molecule has 2 rings (SSSR count). The van der Waals surface area contributed by atoms with Crippen LogP contribution < -0.4 is 5.73 Å². The van der Waals surface area contributed by atoms with Crippen molar-refractivity contribution in [2.24, 2.45) is 0 Å². The first-order chi connectivity index (χ1) is 9.92. The normalized spacial score (nSPS) is 10.5. The molecular formula is C14H13F2N3O2. The van der Waals surface area contributed by atoms with Gasteiger partial charge in [-0.25, -0.2) is 23.5 Å². The molecule has 0 unspecified atom stereocenters. The Morgan fingerprint density at radius 1 is 1.24 bits per heavy atom. The van der Waals surface area contributed by atoms with Gasteiger partial charge in [0.25, 0.3) is 0 Å². The van der Waals surface area contributed by atoms with Crippen LogP contribution in [0.3, 0.4) is 0 Å². The van der Waals surface area contributed by atoms with E-state index in [0.717, 1.165) is 18.2 Å². The molecule has 0 radical (unpaired) electrons. The average Bonchev–Trinajstić information content (AvgIpc) is 2.36. The summed E-state index contributed by atoms with van der Waals surface area (Å²) in [4.78, 5) is 19.7. The number of anilines is 1. The highest BCUT2D eigenvalue weighted by Crippen LogP contribution is 2.22. The van der Waals surface area contributed by atoms with Gasteiger partial charge in [0.2, 0.25) is 0 Å². The maximum Gasteiger partial charge on any atom is 0.343 e. The third-order valence-corrected chi connectivity index (χ3v) is 2.72. The highest BCUT2D eigenvalue weighted by Gasteiger charge is 2.19. The molecule has 0 saturated carbocycles. The van der Waals surface area contributed by atoms with Gasteiger partial charge in [-0.1, -0.05) is 0 Å². The topological polar surface area (TPSA) is 78.1 Å². The van der Waals surface area contributed by atoms with E-state index in [0.29, 0.717) is 0 Å². The summed E-state index contributed by atoms with van der Waals surface area (Å²) in [6, 6.07) is 2.91. The Morgan fingerprint density at radius 3 is 2.38 bits per heavy atom. The predicted molar refractivity (Wildman–Crippen MR) is 72.5 cm³/mol. The first-order valence-electron chi connectivity index (χ1n) is 6.20. The number of carbonyl (C=O) groups excluding carboxylic acids is 1. The van der Waals surface area contributed by atoms with Crippen LogP contribution in [0.2, 0.25) is 0 Å². The van der Waals surface area contributed by atoms with Gasteiger partial charge in [0, 0.05) is 11.6 Å². The van der Waals surface area contributed by atoms with Gasteiger partial charge in [0.05, 0.1) is 12.3 Å². The number of nitrogens with two attached hydrogens (primary N) is 1. The fourth-order valence-electron chi connectivity index (χ4n) is 1.86. The number of hydrogen-bond donors (Lipinski definition) is 1. The lowest BCUT2D eigenvalue weighted by molar-refractivity contribution is 0.0526. The molecule has 1 heterocycles. The third-order valence-electron chi connectivity index (χ3n) is 2.72. The SMILES string of the molecule is CCOC(=O)c1c(C)nc(-c2cc(F)cc(F)c2)nc1N. The largest absolute Gasteiger partial charge is 0.462 e. The predicted octanol–water partition coefficient (Wildman–Crippen LogP) is 2.49. The van der Waals surface area contributed by atoms with E-state index in [2.05, 4.69) is 9.97 Å². The zero-order chi connectivity index (χ0) is 15.6. The van der Waals surface area contributed by atoms with Crippen LogP contribution in [-0.2, 0) is 4.74 Å². The van der Waals surface area contributed by atoms with Crippen LogP contribution in [0.1, 0.15) is 23.0 Å². The van der Waals surface area contributed by atoms with E-state index < -0.39 is 17.6 Å². The van der Waals surface area contributed by atoms with Crippen molar-refractivity contribution < 1.29 is 18.3 Å². The second-order valence-electron chi connectivity index (χ2n) is 4.27. The molecule has 110 valence electrons. The maximum absolute atomic E-state index is 13.2. The Morgan fingerprint density at radius 2 is 1.86 bits per heavy atom. The second-order valence-corrected chi connectivity index (χ2v) is 4.27. The van der Waals surface area contributed by atoms with Gasteiger partial charge < -0.3 is 10.5 Å². The third kappa shape index (κ3) is 3.13. The number of aromatic nitrogens is 2. The molecule has 0 spiro atoms. The molecule has 21 heavy (non-hydrogen) atoms. The molecule has 5 nitrogen and oxygen atoms in total. The van der Waals surface area contributed by atoms with Crippen molar-refractivity contribution in [2.45, 2.75) is 13.8 Å². The van der Waals surface area contributed by atoms with Gasteiger partial charge in [0.1, 0.15) is 23.0 Å². The minimum absolute atomic E-state index is 0.0384. The number of nitrogen functional groups attached to an aromatic ring is 1. The van der Waals surface area contributed by atoms with Crippen LogP contribution >= 0.6 is 0 Å². The summed E-state index contributed by atoms with van der Waals surface area (Å²) in [7, 11) is 0. The Labute approximate surface area is 119 Å². The summed E-state index contributed by atoms with van der Waals surface area (Å²) in [6.45, 7) is 3.40. The number of benzene rings is 1. The number of ether oxygens (including phenoxy) is 1. The number of esters is 1. The van der Waals surface area contributed by atoms with Crippen LogP contribution in [0.25, 0.3) is 11.4 Å². The van der Waals surface area contributed by atoms with E-state index in [4.69, 9.17) is 10.5 Å². The van der Waals surface area contributed by atoms with Gasteiger partial charge in [-0.15, -0.1) is 0 Å². The maximum atomic E-state index is 13.2. The van der Waals surface area contributed by atoms with Crippen molar-refractivity contribution in [1.82, 2.24) is 9.97 Å². The summed E-state index contributed by atoms with van der Waals surface area (Å²) < 4.78 is 31.3. The molecule has 0 saturated heterocycles. The van der Waals surface area contributed by atoms with E-state index in [1.807, 2.05) is 0 Å². The van der Waals surface area contributed by atoms with Crippen LogP contribution in [0.4, 0.5) is 14.6 Å². The molecule has 0 atom stereocenters. The Hall–Kier alpha value is -2.57. The minimum Gasteiger partial charge on any atom is -0.462 e. The lowest BCUT2D eigenvalue weighted by Crippen LogP contribution is -2.13. The number of aryl methyl sites for hydroxylation is 1. The molecule has 2 N–H and O–H groups in total. The number of rotatable bonds is 3. The van der Waals surface area contributed by atoms with Gasteiger partial charge in [-0.05, 0) is 26.0 Å². The molecule has 0 bridgehead atoms. The second kappa shape index (κ2) is 5.82. The van der Waals surface area contributed by atoms with Crippen molar-refractivity contribution in [2.75, 3.05) is 12.3 Å². The smallest absolute Gasteiger partial charge is 0.343 e. The Bertz CT molecular complexity index is 661. The molecule has 0 aliphatic rings. The van der Waals surface area contributed by atoms with Gasteiger partial charge in [-0.3, -0.25) is 0 Å². The highest BCUT2D eigenvalue weighted by molar-refractivity contribution is 5.95. The lowest BCUT2D eigenvalue weighted by atomic mass is 10.1. The van der Waals surface area contributed by atoms with Crippen LogP contribution in [0.5, 0.6) is 0 Å². The zero-order valence-corrected chi connectivity index (χ0v) is 11.5. The number of hydrogen-bond acceptors (Lipinski definition) is 5. The fourth-order valence-corrected chi connectivity index (χ4v) is 1.86. The van der Waals surface area contributed by atoms with E-state index in [9.17, 15) is 13.6 Å². The van der Waals surface area contributed by atoms with Crippen LogP contribution in [-0.4, -0.2) is 22.5 Å². The summed E-state index contributed by atoms with van der Waals surface area (Å²) in [6.07, 6.45) is 0. The van der Waals surface area contributed by atoms with Crippen molar-refractivity contribution in [1.29, 1.82) is 0 Å². The van der Waals surface area contributed by atoms with Crippen LogP contribution in [0.15, 0.2) is 18.2 Å². The first-order valence-corrected chi connectivity index (χ1v) is 6.20. The summed E-state index contributed by atoms with van der Waals surface area (Å²) in [5, 5.41) is 0. The van der Waals surface area contributed by atoms with E-state index in [1.54, 1.807) is 13.8 Å². The summed E-state index contributed by atoms with van der Waals surface area (Å²) in [5.41, 5.74) is 6.20. The minimum atomic E-state index is -0.751. The Kier molecular flexibility index (Phi) is 4.11. The van der Waals surface area contributed by atoms with E-state index in [-0.39, 0.29) is 35.1 Å². The van der Waals surface area contributed by atoms with Crippen molar-refractivity contribution >= 4 is 11.8 Å². The zero-order valence-electron chi connectivity index (χ0n) is 11.5. The number of carbonyl (C=O) groups is 1. The van der Waals surface area contributed by atoms with Crippen molar-refractivity contribution in [3.63, 3.8) is 0 Å². The quantitative estimate of drug-likeness (QED) is 0.880. The Balaban J connectivity index is 2.51. The first kappa shape index (κ1) is 14.8. The van der Waals surface area contributed by atoms with E-state index in [1.165, 1.54) is 0 Å². The standard InChI is InChI=1S/C14H13F2N3O2/c1-3-21-14(20)11-7(2)18-13(19-12(11)17)8-4-9(15)6-10(16)5-8/h4-6H,3H2,1-2H3,(H2,17,18,19). The monoisotopic (exact) mass is 293 g/mol. The fraction of sp³-hybridized carbons (Fsp3) is 0.214. The van der Waals surface area contributed by atoms with E-state index >= 15 is 0 Å². The van der Waals surface area contributed by atoms with Gasteiger partial charge in [-0.2, -0.15) is 0 Å². The molecule has 0 fully saturated rings. The van der Waals surface area contributed by atoms with Crippen LogP contribution in [0, 0.1) is 18.6 Å². The molecule has 0 aliphatic carbocycles. The molecule has 7 heteroatoms. The van der Waals surface area contributed by atoms with Gasteiger partial charge in [0.15, 0.2) is 5.82 Å². The molecule has 1 aromatic heterocycles. The highest BCUT2D eigenvalue weighted by atomic mass is 19.1. The molecule has 2 aromatic rings. The molecular weight excluding hydrogens is 280 g/mol. The van der Waals surface area contributed by atoms with Crippen molar-refractivity contribution in [3.8, 4) is 11.4 Å². The number of halogens is 2. The molecule has 0 aliphatic heterocycles. The number of nitrogens with zero attached hydrogens (tertiary/aromatic N) is 2. The van der Waals surface area contributed by atoms with Gasteiger partial charge >= 0.3 is 5.97 Å². The van der Waals surface area contributed by atoms with Crippen molar-refractivity contribution in [3.05, 3.63) is 41.1 Å². The molecule has 0 amide bonds. The lowest BCUT2D eigenvalue weighted by Gasteiger charge is -2.10. The summed E-state index contributed by atoms with van der Waals surface area (Å²) >= 11 is 0. The average molecular weight is 293 g/mol. The summed E-state index contributed by atoms with van der Waals surface area (Å²) in [5.74, 6) is -2.19.